The molecule has 0 radical (unpaired) electrons. The Morgan fingerprint density at radius 1 is 1.20 bits per heavy atom. The molecule has 3 aromatic heterocycles. The van der Waals surface area contributed by atoms with Gasteiger partial charge in [0, 0.05) is 22.7 Å². The Labute approximate surface area is 148 Å². The number of anilines is 2. The normalized spacial score (nSPS) is 11.1. The third kappa shape index (κ3) is 2.60. The van der Waals surface area contributed by atoms with Crippen molar-refractivity contribution in [3.8, 4) is 0 Å². The van der Waals surface area contributed by atoms with E-state index < -0.39 is 0 Å². The molecule has 0 aliphatic carbocycles. The highest BCUT2D eigenvalue weighted by Gasteiger charge is 2.19. The highest BCUT2D eigenvalue weighted by atomic mass is 32.1. The summed E-state index contributed by atoms with van der Waals surface area (Å²) in [5.41, 5.74) is 10.1. The SMILES string of the molecule is Cc1cc(C)c2c(N)c(C(=O)Nc3cccc4cccnc34)sc2n1. The summed E-state index contributed by atoms with van der Waals surface area (Å²) in [6, 6.07) is 11.5. The minimum absolute atomic E-state index is 0.240. The molecule has 0 fully saturated rings. The molecule has 4 rings (SSSR count). The van der Waals surface area contributed by atoms with Crippen LogP contribution in [0.1, 0.15) is 20.9 Å². The Balaban J connectivity index is 1.78. The van der Waals surface area contributed by atoms with Crippen LogP contribution < -0.4 is 11.1 Å². The molecule has 124 valence electrons. The lowest BCUT2D eigenvalue weighted by atomic mass is 10.1. The second-order valence-corrected chi connectivity index (χ2v) is 6.94. The van der Waals surface area contributed by atoms with Gasteiger partial charge in [0.1, 0.15) is 9.71 Å². The number of rotatable bonds is 2. The summed E-state index contributed by atoms with van der Waals surface area (Å²) in [4.78, 5) is 22.9. The van der Waals surface area contributed by atoms with E-state index in [0.717, 1.165) is 32.4 Å². The van der Waals surface area contributed by atoms with E-state index in [1.807, 2.05) is 50.2 Å². The topological polar surface area (TPSA) is 80.9 Å². The number of carbonyl (C=O) groups excluding carboxylic acids is 1. The molecule has 1 aromatic carbocycles. The maximum Gasteiger partial charge on any atom is 0.268 e. The minimum Gasteiger partial charge on any atom is -0.397 e. The number of nitrogens with zero attached hydrogens (tertiary/aromatic N) is 2. The lowest BCUT2D eigenvalue weighted by Crippen LogP contribution is -2.12. The van der Waals surface area contributed by atoms with Crippen molar-refractivity contribution in [2.45, 2.75) is 13.8 Å². The Morgan fingerprint density at radius 2 is 2.00 bits per heavy atom. The molecule has 3 N–H and O–H groups in total. The van der Waals surface area contributed by atoms with E-state index in [-0.39, 0.29) is 5.91 Å². The molecule has 5 nitrogen and oxygen atoms in total. The summed E-state index contributed by atoms with van der Waals surface area (Å²) in [7, 11) is 0. The molecule has 25 heavy (non-hydrogen) atoms. The first-order valence-corrected chi connectivity index (χ1v) is 8.67. The largest absolute Gasteiger partial charge is 0.397 e. The van der Waals surface area contributed by atoms with Crippen LogP contribution in [0.2, 0.25) is 0 Å². The number of amides is 1. The number of aryl methyl sites for hydroxylation is 2. The van der Waals surface area contributed by atoms with Gasteiger partial charge in [-0.25, -0.2) is 4.98 Å². The van der Waals surface area contributed by atoms with Crippen LogP contribution in [0.3, 0.4) is 0 Å². The molecule has 0 unspecified atom stereocenters. The van der Waals surface area contributed by atoms with Crippen molar-refractivity contribution in [3.63, 3.8) is 0 Å². The molecule has 0 saturated heterocycles. The number of nitrogens with two attached hydrogens (primary N) is 1. The standard InChI is InChI=1S/C19H16N4OS/c1-10-9-11(2)22-19-14(10)15(20)17(25-19)18(24)23-13-7-3-5-12-6-4-8-21-16(12)13/h3-9H,20H2,1-2H3,(H,23,24). The molecule has 0 saturated carbocycles. The lowest BCUT2D eigenvalue weighted by Gasteiger charge is -2.07. The minimum atomic E-state index is -0.240. The smallest absolute Gasteiger partial charge is 0.268 e. The van der Waals surface area contributed by atoms with Crippen LogP contribution in [0.25, 0.3) is 21.1 Å². The maximum absolute atomic E-state index is 12.8. The zero-order chi connectivity index (χ0) is 17.6. The lowest BCUT2D eigenvalue weighted by molar-refractivity contribution is 0.103. The van der Waals surface area contributed by atoms with Gasteiger partial charge in [-0.3, -0.25) is 9.78 Å². The van der Waals surface area contributed by atoms with Gasteiger partial charge in [0.25, 0.3) is 5.91 Å². The third-order valence-electron chi connectivity index (χ3n) is 4.11. The fourth-order valence-electron chi connectivity index (χ4n) is 3.02. The van der Waals surface area contributed by atoms with Crippen LogP contribution >= 0.6 is 11.3 Å². The predicted octanol–water partition coefficient (Wildman–Crippen LogP) is 4.30. The van der Waals surface area contributed by atoms with Crippen molar-refractivity contribution in [3.05, 3.63) is 58.7 Å². The molecule has 4 aromatic rings. The number of thiophene rings is 1. The van der Waals surface area contributed by atoms with Crippen molar-refractivity contribution < 1.29 is 4.79 Å². The molecular formula is C19H16N4OS. The summed E-state index contributed by atoms with van der Waals surface area (Å²) in [6.45, 7) is 3.92. The second kappa shape index (κ2) is 5.82. The average molecular weight is 348 g/mol. The molecule has 0 atom stereocenters. The van der Waals surface area contributed by atoms with Gasteiger partial charge in [-0.2, -0.15) is 0 Å². The van der Waals surface area contributed by atoms with Crippen LogP contribution in [-0.2, 0) is 0 Å². The second-order valence-electron chi connectivity index (χ2n) is 5.94. The van der Waals surface area contributed by atoms with E-state index in [0.29, 0.717) is 16.3 Å². The van der Waals surface area contributed by atoms with Gasteiger partial charge >= 0.3 is 0 Å². The molecule has 6 heteroatoms. The molecular weight excluding hydrogens is 332 g/mol. The first-order chi connectivity index (χ1) is 12.0. The van der Waals surface area contributed by atoms with Gasteiger partial charge in [0.05, 0.1) is 16.9 Å². The van der Waals surface area contributed by atoms with E-state index >= 15 is 0 Å². The van der Waals surface area contributed by atoms with E-state index in [4.69, 9.17) is 5.73 Å². The van der Waals surface area contributed by atoms with Gasteiger partial charge in [-0.1, -0.05) is 18.2 Å². The van der Waals surface area contributed by atoms with Crippen LogP contribution in [-0.4, -0.2) is 15.9 Å². The summed E-state index contributed by atoms with van der Waals surface area (Å²) in [5, 5.41) is 4.77. The Morgan fingerprint density at radius 3 is 2.84 bits per heavy atom. The van der Waals surface area contributed by atoms with E-state index in [1.54, 1.807) is 6.20 Å². The fourth-order valence-corrected chi connectivity index (χ4v) is 4.13. The van der Waals surface area contributed by atoms with Gasteiger partial charge in [-0.15, -0.1) is 11.3 Å². The maximum atomic E-state index is 12.8. The number of hydrogen-bond acceptors (Lipinski definition) is 5. The van der Waals surface area contributed by atoms with Gasteiger partial charge in [-0.05, 0) is 37.6 Å². The molecule has 1 amide bonds. The number of pyridine rings is 2. The highest BCUT2D eigenvalue weighted by Crippen LogP contribution is 2.35. The van der Waals surface area contributed by atoms with Gasteiger partial charge < -0.3 is 11.1 Å². The predicted molar refractivity (Wildman–Crippen MR) is 103 cm³/mol. The number of fused-ring (bicyclic) bond motifs is 2. The van der Waals surface area contributed by atoms with Crippen LogP contribution in [0.5, 0.6) is 0 Å². The average Bonchev–Trinajstić information content (AvgIpc) is 2.92. The van der Waals surface area contributed by atoms with Crippen LogP contribution in [0.4, 0.5) is 11.4 Å². The van der Waals surface area contributed by atoms with Crippen molar-refractivity contribution in [1.82, 2.24) is 9.97 Å². The molecule has 3 heterocycles. The molecule has 0 spiro atoms. The zero-order valence-electron chi connectivity index (χ0n) is 13.8. The summed E-state index contributed by atoms with van der Waals surface area (Å²) in [6.07, 6.45) is 1.71. The molecule has 0 aliphatic heterocycles. The number of aromatic nitrogens is 2. The zero-order valence-corrected chi connectivity index (χ0v) is 14.6. The highest BCUT2D eigenvalue weighted by molar-refractivity contribution is 7.21. The summed E-state index contributed by atoms with van der Waals surface area (Å²) in [5.74, 6) is -0.240. The number of benzene rings is 1. The van der Waals surface area contributed by atoms with Crippen molar-refractivity contribution in [1.29, 1.82) is 0 Å². The van der Waals surface area contributed by atoms with Crippen LogP contribution in [0, 0.1) is 13.8 Å². The Bertz CT molecular complexity index is 1130. The van der Waals surface area contributed by atoms with Crippen molar-refractivity contribution in [2.24, 2.45) is 0 Å². The molecule has 0 aliphatic rings. The monoisotopic (exact) mass is 348 g/mol. The van der Waals surface area contributed by atoms with E-state index in [1.165, 1.54) is 11.3 Å². The van der Waals surface area contributed by atoms with Crippen LogP contribution in [0.15, 0.2) is 42.6 Å². The Kier molecular flexibility index (Phi) is 3.62. The number of nitrogen functional groups attached to an aromatic ring is 1. The van der Waals surface area contributed by atoms with Gasteiger partial charge in [0.2, 0.25) is 0 Å². The van der Waals surface area contributed by atoms with Gasteiger partial charge in [0.15, 0.2) is 0 Å². The fraction of sp³-hybridized carbons (Fsp3) is 0.105. The van der Waals surface area contributed by atoms with Crippen molar-refractivity contribution >= 4 is 49.7 Å². The number of carbonyl (C=O) groups is 1. The quantitative estimate of drug-likeness (QED) is 0.566. The summed E-state index contributed by atoms with van der Waals surface area (Å²) >= 11 is 1.32. The summed E-state index contributed by atoms with van der Waals surface area (Å²) < 4.78 is 0. The van der Waals surface area contributed by atoms with E-state index in [9.17, 15) is 4.79 Å². The number of para-hydroxylation sites is 1. The third-order valence-corrected chi connectivity index (χ3v) is 5.21. The number of hydrogen-bond donors (Lipinski definition) is 2. The number of nitrogens with one attached hydrogen (secondary N) is 1. The van der Waals surface area contributed by atoms with Crippen molar-refractivity contribution in [2.75, 3.05) is 11.1 Å². The molecule has 0 bridgehead atoms. The first kappa shape index (κ1) is 15.5. The first-order valence-electron chi connectivity index (χ1n) is 7.86. The Hall–Kier alpha value is -2.99. The van der Waals surface area contributed by atoms with E-state index in [2.05, 4.69) is 15.3 Å².